The number of aryl methyl sites for hydroxylation is 1. The third-order valence-corrected chi connectivity index (χ3v) is 4.11. The van der Waals surface area contributed by atoms with Crippen LogP contribution in [-0.2, 0) is 16.0 Å². The summed E-state index contributed by atoms with van der Waals surface area (Å²) in [4.78, 5) is 14.7. The van der Waals surface area contributed by atoms with E-state index >= 15 is 0 Å². The smallest absolute Gasteiger partial charge is 0.227 e. The van der Waals surface area contributed by atoms with E-state index in [1.165, 1.54) is 0 Å². The van der Waals surface area contributed by atoms with Crippen molar-refractivity contribution < 1.29 is 14.3 Å². The van der Waals surface area contributed by atoms with E-state index in [1.54, 1.807) is 13.3 Å². The number of rotatable bonds is 4. The van der Waals surface area contributed by atoms with Crippen LogP contribution < -0.4 is 4.74 Å². The average molecular weight is 315 g/mol. The van der Waals surface area contributed by atoms with Gasteiger partial charge < -0.3 is 14.4 Å². The number of benzene rings is 1. The van der Waals surface area contributed by atoms with Crippen molar-refractivity contribution in [3.05, 3.63) is 47.3 Å². The summed E-state index contributed by atoms with van der Waals surface area (Å²) in [7, 11) is 1.63. The van der Waals surface area contributed by atoms with Crippen LogP contribution >= 0.6 is 0 Å². The molecular weight excluding hydrogens is 294 g/mol. The first-order chi connectivity index (χ1) is 11.2. The van der Waals surface area contributed by atoms with Gasteiger partial charge in [-0.05, 0) is 19.1 Å². The minimum atomic E-state index is -0.116. The van der Waals surface area contributed by atoms with E-state index in [4.69, 9.17) is 9.47 Å². The van der Waals surface area contributed by atoms with Gasteiger partial charge in [-0.2, -0.15) is 5.10 Å². The van der Waals surface area contributed by atoms with Crippen LogP contribution in [0.25, 0.3) is 0 Å². The largest absolute Gasteiger partial charge is 0.496 e. The highest BCUT2D eigenvalue weighted by atomic mass is 16.5. The Labute approximate surface area is 135 Å². The fourth-order valence-corrected chi connectivity index (χ4v) is 2.92. The first-order valence-corrected chi connectivity index (χ1v) is 7.69. The molecule has 0 radical (unpaired) electrons. The number of morpholine rings is 1. The number of ether oxygens (including phenoxy) is 2. The summed E-state index contributed by atoms with van der Waals surface area (Å²) in [6, 6.07) is 7.66. The Balaban J connectivity index is 1.80. The van der Waals surface area contributed by atoms with E-state index < -0.39 is 0 Å². The molecule has 0 aliphatic carbocycles. The van der Waals surface area contributed by atoms with Gasteiger partial charge in [0.25, 0.3) is 0 Å². The Bertz CT molecular complexity index is 670. The van der Waals surface area contributed by atoms with Crippen LogP contribution in [0.1, 0.15) is 22.9 Å². The fourth-order valence-electron chi connectivity index (χ4n) is 2.92. The summed E-state index contributed by atoms with van der Waals surface area (Å²) in [5, 5.41) is 6.91. The monoisotopic (exact) mass is 315 g/mol. The van der Waals surface area contributed by atoms with E-state index in [0.717, 1.165) is 22.6 Å². The number of aromatic nitrogens is 2. The van der Waals surface area contributed by atoms with Crippen LogP contribution in [0.3, 0.4) is 0 Å². The van der Waals surface area contributed by atoms with Crippen molar-refractivity contribution in [3.63, 3.8) is 0 Å². The summed E-state index contributed by atoms with van der Waals surface area (Å²) in [6.45, 7) is 3.63. The highest BCUT2D eigenvalue weighted by molar-refractivity contribution is 5.80. The van der Waals surface area contributed by atoms with Crippen molar-refractivity contribution in [1.82, 2.24) is 15.1 Å². The zero-order valence-corrected chi connectivity index (χ0v) is 13.4. The first-order valence-electron chi connectivity index (χ1n) is 7.69. The molecule has 1 aromatic carbocycles. The van der Waals surface area contributed by atoms with Gasteiger partial charge in [-0.25, -0.2) is 0 Å². The number of hydrogen-bond donors (Lipinski definition) is 1. The van der Waals surface area contributed by atoms with Gasteiger partial charge in [-0.15, -0.1) is 0 Å². The molecule has 0 saturated carbocycles. The topological polar surface area (TPSA) is 67.4 Å². The zero-order chi connectivity index (χ0) is 16.2. The quantitative estimate of drug-likeness (QED) is 0.935. The molecule has 6 heteroatoms. The molecule has 23 heavy (non-hydrogen) atoms. The second-order valence-electron chi connectivity index (χ2n) is 5.68. The zero-order valence-electron chi connectivity index (χ0n) is 13.4. The summed E-state index contributed by atoms with van der Waals surface area (Å²) in [5.74, 6) is 0.812. The second-order valence-corrected chi connectivity index (χ2v) is 5.68. The van der Waals surface area contributed by atoms with Gasteiger partial charge in [0.15, 0.2) is 0 Å². The van der Waals surface area contributed by atoms with E-state index in [0.29, 0.717) is 26.2 Å². The SMILES string of the molecule is COc1ccc(C)cc1CC(=O)N1CCOCC1c1ccn[nH]1. The van der Waals surface area contributed by atoms with Crippen molar-refractivity contribution in [2.45, 2.75) is 19.4 Å². The van der Waals surface area contributed by atoms with Crippen LogP contribution in [-0.4, -0.2) is 47.9 Å². The Morgan fingerprint density at radius 2 is 2.35 bits per heavy atom. The molecule has 122 valence electrons. The molecule has 1 aliphatic heterocycles. The number of amides is 1. The lowest BCUT2D eigenvalue weighted by Crippen LogP contribution is -2.44. The number of methoxy groups -OCH3 is 1. The lowest BCUT2D eigenvalue weighted by atomic mass is 10.0. The summed E-state index contributed by atoms with van der Waals surface area (Å²) in [5.41, 5.74) is 2.92. The minimum absolute atomic E-state index is 0.0665. The first kappa shape index (κ1) is 15.6. The maximum atomic E-state index is 12.8. The van der Waals surface area contributed by atoms with Gasteiger partial charge in [0.1, 0.15) is 5.75 Å². The van der Waals surface area contributed by atoms with Crippen molar-refractivity contribution in [2.24, 2.45) is 0 Å². The lowest BCUT2D eigenvalue weighted by Gasteiger charge is -2.35. The number of aromatic amines is 1. The van der Waals surface area contributed by atoms with Crippen molar-refractivity contribution in [3.8, 4) is 5.75 Å². The summed E-state index contributed by atoms with van der Waals surface area (Å²) >= 11 is 0. The van der Waals surface area contributed by atoms with E-state index in [2.05, 4.69) is 10.2 Å². The number of carbonyl (C=O) groups is 1. The van der Waals surface area contributed by atoms with Gasteiger partial charge in [0.2, 0.25) is 5.91 Å². The molecule has 1 saturated heterocycles. The molecule has 1 aromatic heterocycles. The maximum Gasteiger partial charge on any atom is 0.227 e. The molecular formula is C17H21N3O3. The molecule has 2 heterocycles. The van der Waals surface area contributed by atoms with Crippen LogP contribution in [0.4, 0.5) is 0 Å². The minimum Gasteiger partial charge on any atom is -0.496 e. The molecule has 1 N–H and O–H groups in total. The van der Waals surface area contributed by atoms with Crippen molar-refractivity contribution in [2.75, 3.05) is 26.9 Å². The average Bonchev–Trinajstić information content (AvgIpc) is 3.09. The van der Waals surface area contributed by atoms with Gasteiger partial charge in [0, 0.05) is 18.3 Å². The summed E-state index contributed by atoms with van der Waals surface area (Å²) in [6.07, 6.45) is 2.01. The van der Waals surface area contributed by atoms with Crippen LogP contribution in [0, 0.1) is 6.92 Å². The number of nitrogens with one attached hydrogen (secondary N) is 1. The molecule has 1 fully saturated rings. The Kier molecular flexibility index (Phi) is 4.62. The number of H-pyrrole nitrogens is 1. The predicted octanol–water partition coefficient (Wildman–Crippen LogP) is 1.87. The number of carbonyl (C=O) groups excluding carboxylic acids is 1. The molecule has 0 spiro atoms. The molecule has 6 nitrogen and oxygen atoms in total. The van der Waals surface area contributed by atoms with Crippen LogP contribution in [0.2, 0.25) is 0 Å². The van der Waals surface area contributed by atoms with E-state index in [9.17, 15) is 4.79 Å². The van der Waals surface area contributed by atoms with Crippen molar-refractivity contribution in [1.29, 1.82) is 0 Å². The predicted molar refractivity (Wildman–Crippen MR) is 85.3 cm³/mol. The third-order valence-electron chi connectivity index (χ3n) is 4.11. The standard InChI is InChI=1S/C17H21N3O3/c1-12-3-4-16(22-2)13(9-12)10-17(21)20-7-8-23-11-15(20)14-5-6-18-19-14/h3-6,9,15H,7-8,10-11H2,1-2H3,(H,18,19). The highest BCUT2D eigenvalue weighted by Crippen LogP contribution is 2.26. The normalized spacial score (nSPS) is 18.0. The van der Waals surface area contributed by atoms with Gasteiger partial charge in [-0.1, -0.05) is 17.7 Å². The molecule has 1 aliphatic rings. The third kappa shape index (κ3) is 3.37. The molecule has 2 aromatic rings. The van der Waals surface area contributed by atoms with E-state index in [1.807, 2.05) is 36.1 Å². The Hall–Kier alpha value is -2.34. The summed E-state index contributed by atoms with van der Waals surface area (Å²) < 4.78 is 10.9. The number of hydrogen-bond acceptors (Lipinski definition) is 4. The molecule has 1 amide bonds. The molecule has 3 rings (SSSR count). The number of nitrogens with zero attached hydrogens (tertiary/aromatic N) is 2. The Morgan fingerprint density at radius 3 is 3.09 bits per heavy atom. The van der Waals surface area contributed by atoms with Gasteiger partial charge in [0.05, 0.1) is 38.5 Å². The van der Waals surface area contributed by atoms with E-state index in [-0.39, 0.29) is 11.9 Å². The Morgan fingerprint density at radius 1 is 1.48 bits per heavy atom. The van der Waals surface area contributed by atoms with Crippen molar-refractivity contribution >= 4 is 5.91 Å². The lowest BCUT2D eigenvalue weighted by molar-refractivity contribution is -0.139. The molecule has 0 bridgehead atoms. The molecule has 1 unspecified atom stereocenters. The van der Waals surface area contributed by atoms with Crippen LogP contribution in [0.15, 0.2) is 30.5 Å². The van der Waals surface area contributed by atoms with Gasteiger partial charge >= 0.3 is 0 Å². The second kappa shape index (κ2) is 6.83. The van der Waals surface area contributed by atoms with Gasteiger partial charge in [-0.3, -0.25) is 9.89 Å². The highest BCUT2D eigenvalue weighted by Gasteiger charge is 2.29. The fraction of sp³-hybridized carbons (Fsp3) is 0.412. The van der Waals surface area contributed by atoms with Crippen LogP contribution in [0.5, 0.6) is 5.75 Å². The maximum absolute atomic E-state index is 12.8. The molecule has 1 atom stereocenters.